The second kappa shape index (κ2) is 5.66. The van der Waals surface area contributed by atoms with E-state index in [1.54, 1.807) is 0 Å². The predicted molar refractivity (Wildman–Crippen MR) is 77.6 cm³/mol. The highest BCUT2D eigenvalue weighted by atomic mass is 16.6. The number of hydrogen-bond acceptors (Lipinski definition) is 5. The van der Waals surface area contributed by atoms with Crippen molar-refractivity contribution in [2.75, 3.05) is 12.3 Å². The molecule has 0 fully saturated rings. The molecule has 0 saturated carbocycles. The van der Waals surface area contributed by atoms with Gasteiger partial charge in [0.2, 0.25) is 11.5 Å². The minimum absolute atomic E-state index is 0.00361. The van der Waals surface area contributed by atoms with Gasteiger partial charge in [0.1, 0.15) is 0 Å². The quantitative estimate of drug-likeness (QED) is 0.691. The zero-order valence-electron chi connectivity index (χ0n) is 11.3. The Hall–Kier alpha value is -2.83. The van der Waals surface area contributed by atoms with Gasteiger partial charge in [-0.1, -0.05) is 18.2 Å². The van der Waals surface area contributed by atoms with Crippen molar-refractivity contribution in [3.8, 4) is 0 Å². The fraction of sp³-hybridized carbons (Fsp3) is 0.214. The van der Waals surface area contributed by atoms with Crippen LogP contribution in [0.2, 0.25) is 0 Å². The zero-order chi connectivity index (χ0) is 14.7. The number of nitrogens with zero attached hydrogens (tertiary/aromatic N) is 3. The van der Waals surface area contributed by atoms with Crippen LogP contribution in [0.4, 0.5) is 5.82 Å². The van der Waals surface area contributed by atoms with Gasteiger partial charge in [0.25, 0.3) is 5.91 Å². The van der Waals surface area contributed by atoms with Crippen molar-refractivity contribution in [1.29, 1.82) is 0 Å². The van der Waals surface area contributed by atoms with Crippen LogP contribution in [0.25, 0.3) is 10.9 Å². The molecule has 21 heavy (non-hydrogen) atoms. The lowest BCUT2D eigenvalue weighted by atomic mass is 10.2. The van der Waals surface area contributed by atoms with Gasteiger partial charge >= 0.3 is 0 Å². The number of aryl methyl sites for hydroxylation is 1. The summed E-state index contributed by atoms with van der Waals surface area (Å²) in [6, 6.07) is 10.3. The van der Waals surface area contributed by atoms with Gasteiger partial charge in [-0.15, -0.1) is 0 Å². The van der Waals surface area contributed by atoms with Gasteiger partial charge < -0.3 is 15.6 Å². The molecule has 2 aromatic heterocycles. The molecule has 7 heteroatoms. The third-order valence-corrected chi connectivity index (χ3v) is 3.27. The first-order chi connectivity index (χ1) is 10.3. The number of benzene rings is 1. The van der Waals surface area contributed by atoms with E-state index in [1.165, 1.54) is 10.9 Å². The number of carbonyl (C=O) groups excluding carboxylic acids is 1. The topological polar surface area (TPSA) is 99.0 Å². The summed E-state index contributed by atoms with van der Waals surface area (Å²) in [5.74, 6) is -0.366. The normalized spacial score (nSPS) is 10.9. The lowest BCUT2D eigenvalue weighted by Crippen LogP contribution is -2.26. The molecule has 0 atom stereocenters. The molecule has 0 bridgehead atoms. The number of nitrogen functional groups attached to an aromatic ring is 1. The average molecular weight is 285 g/mol. The second-order valence-corrected chi connectivity index (χ2v) is 4.68. The van der Waals surface area contributed by atoms with E-state index in [2.05, 4.69) is 43.0 Å². The highest BCUT2D eigenvalue weighted by Gasteiger charge is 2.14. The standard InChI is InChI=1S/C14H15N5O2/c15-13-12(17-21-18-13)14(20)16-7-3-8-19-9-6-10-4-1-2-5-11(10)19/h1-2,4-6,9H,3,7-8H2,(H2,15,18)(H,16,20). The number of fused-ring (bicyclic) bond motifs is 1. The van der Waals surface area contributed by atoms with Gasteiger partial charge in [-0.2, -0.15) is 0 Å². The van der Waals surface area contributed by atoms with Crippen LogP contribution in [0, 0.1) is 0 Å². The predicted octanol–water partition coefficient (Wildman–Crippen LogP) is 1.43. The molecule has 7 nitrogen and oxygen atoms in total. The fourth-order valence-electron chi connectivity index (χ4n) is 2.22. The van der Waals surface area contributed by atoms with Crippen molar-refractivity contribution in [3.05, 3.63) is 42.2 Å². The first kappa shape index (κ1) is 13.2. The highest BCUT2D eigenvalue weighted by Crippen LogP contribution is 2.15. The number of nitrogens with one attached hydrogen (secondary N) is 1. The van der Waals surface area contributed by atoms with E-state index in [9.17, 15) is 4.79 Å². The summed E-state index contributed by atoms with van der Waals surface area (Å²) in [6.45, 7) is 1.35. The lowest BCUT2D eigenvalue weighted by Gasteiger charge is -2.06. The Morgan fingerprint density at radius 1 is 1.29 bits per heavy atom. The van der Waals surface area contributed by atoms with Crippen molar-refractivity contribution < 1.29 is 9.42 Å². The first-order valence-corrected chi connectivity index (χ1v) is 6.66. The number of aromatic nitrogens is 3. The molecule has 0 spiro atoms. The molecule has 2 heterocycles. The maximum atomic E-state index is 11.7. The molecule has 0 aliphatic carbocycles. The first-order valence-electron chi connectivity index (χ1n) is 6.66. The Labute approximate surface area is 120 Å². The molecule has 3 N–H and O–H groups in total. The van der Waals surface area contributed by atoms with E-state index in [0.717, 1.165) is 13.0 Å². The van der Waals surface area contributed by atoms with E-state index in [-0.39, 0.29) is 17.4 Å². The van der Waals surface area contributed by atoms with Crippen LogP contribution in [0.1, 0.15) is 16.9 Å². The van der Waals surface area contributed by atoms with Crippen molar-refractivity contribution in [2.45, 2.75) is 13.0 Å². The third-order valence-electron chi connectivity index (χ3n) is 3.27. The molecule has 0 radical (unpaired) electrons. The van der Waals surface area contributed by atoms with E-state index in [0.29, 0.717) is 6.54 Å². The van der Waals surface area contributed by atoms with Crippen molar-refractivity contribution in [1.82, 2.24) is 20.2 Å². The van der Waals surface area contributed by atoms with Gasteiger partial charge in [0, 0.05) is 24.8 Å². The Bertz CT molecular complexity index is 761. The van der Waals surface area contributed by atoms with Crippen LogP contribution in [-0.2, 0) is 6.54 Å². The molecule has 0 aliphatic heterocycles. The minimum atomic E-state index is -0.369. The smallest absolute Gasteiger partial charge is 0.277 e. The molecular weight excluding hydrogens is 270 g/mol. The fourth-order valence-corrected chi connectivity index (χ4v) is 2.22. The number of rotatable bonds is 5. The number of hydrogen-bond donors (Lipinski definition) is 2. The van der Waals surface area contributed by atoms with Crippen LogP contribution in [0.5, 0.6) is 0 Å². The van der Waals surface area contributed by atoms with E-state index >= 15 is 0 Å². The molecule has 3 aromatic rings. The van der Waals surface area contributed by atoms with Crippen molar-refractivity contribution in [2.24, 2.45) is 0 Å². The summed E-state index contributed by atoms with van der Waals surface area (Å²) in [7, 11) is 0. The van der Waals surface area contributed by atoms with Crippen molar-refractivity contribution in [3.63, 3.8) is 0 Å². The molecule has 0 aliphatic rings. The maximum Gasteiger partial charge on any atom is 0.277 e. The summed E-state index contributed by atoms with van der Waals surface area (Å²) < 4.78 is 6.55. The van der Waals surface area contributed by atoms with Crippen LogP contribution in [0.3, 0.4) is 0 Å². The number of anilines is 1. The molecule has 108 valence electrons. The van der Waals surface area contributed by atoms with Gasteiger partial charge in [0.15, 0.2) is 0 Å². The highest BCUT2D eigenvalue weighted by molar-refractivity contribution is 5.95. The molecular formula is C14H15N5O2. The SMILES string of the molecule is Nc1nonc1C(=O)NCCCn1ccc2ccccc21. The number of carbonyl (C=O) groups is 1. The van der Waals surface area contributed by atoms with E-state index in [4.69, 9.17) is 5.73 Å². The molecule has 1 amide bonds. The van der Waals surface area contributed by atoms with Crippen LogP contribution >= 0.6 is 0 Å². The van der Waals surface area contributed by atoms with E-state index in [1.807, 2.05) is 18.3 Å². The summed E-state index contributed by atoms with van der Waals surface area (Å²) in [5.41, 5.74) is 6.67. The summed E-state index contributed by atoms with van der Waals surface area (Å²) in [4.78, 5) is 11.7. The maximum absolute atomic E-state index is 11.7. The Kier molecular flexibility index (Phi) is 3.55. The molecule has 0 saturated heterocycles. The zero-order valence-corrected chi connectivity index (χ0v) is 11.3. The summed E-state index contributed by atoms with van der Waals surface area (Å²) >= 11 is 0. The van der Waals surface area contributed by atoms with Crippen molar-refractivity contribution >= 4 is 22.6 Å². The second-order valence-electron chi connectivity index (χ2n) is 4.68. The Morgan fingerprint density at radius 2 is 2.14 bits per heavy atom. The van der Waals surface area contributed by atoms with Crippen LogP contribution < -0.4 is 11.1 Å². The van der Waals surface area contributed by atoms with Gasteiger partial charge in [-0.05, 0) is 34.3 Å². The van der Waals surface area contributed by atoms with Gasteiger partial charge in [-0.25, -0.2) is 4.63 Å². The monoisotopic (exact) mass is 285 g/mol. The largest absolute Gasteiger partial charge is 0.379 e. The number of amides is 1. The van der Waals surface area contributed by atoms with E-state index < -0.39 is 0 Å². The number of para-hydroxylation sites is 1. The Morgan fingerprint density at radius 3 is 2.95 bits per heavy atom. The Balaban J connectivity index is 1.53. The van der Waals surface area contributed by atoms with Gasteiger partial charge in [-0.3, -0.25) is 4.79 Å². The van der Waals surface area contributed by atoms with Crippen LogP contribution in [0.15, 0.2) is 41.2 Å². The summed E-state index contributed by atoms with van der Waals surface area (Å²) in [5, 5.41) is 10.8. The molecule has 0 unspecified atom stereocenters. The third kappa shape index (κ3) is 2.71. The summed E-state index contributed by atoms with van der Waals surface area (Å²) in [6.07, 6.45) is 2.85. The number of nitrogens with two attached hydrogens (primary N) is 1. The molecule has 3 rings (SSSR count). The lowest BCUT2D eigenvalue weighted by molar-refractivity contribution is 0.0943. The van der Waals surface area contributed by atoms with Gasteiger partial charge in [0.05, 0.1) is 0 Å². The minimum Gasteiger partial charge on any atom is -0.379 e. The molecule has 1 aromatic carbocycles. The average Bonchev–Trinajstić information content (AvgIpc) is 3.10. The van der Waals surface area contributed by atoms with Crippen LogP contribution in [-0.4, -0.2) is 27.3 Å².